The van der Waals surface area contributed by atoms with Crippen molar-refractivity contribution in [2.75, 3.05) is 13.7 Å². The van der Waals surface area contributed by atoms with Gasteiger partial charge in [-0.2, -0.15) is 5.10 Å². The molecule has 1 heterocycles. The summed E-state index contributed by atoms with van der Waals surface area (Å²) in [7, 11) is 1.69. The molecule has 1 N–H and O–H groups in total. The number of hydrogen-bond acceptors (Lipinski definition) is 4. The Bertz CT molecular complexity index is 285. The van der Waals surface area contributed by atoms with Gasteiger partial charge in [-0.3, -0.25) is 0 Å². The lowest BCUT2D eigenvalue weighted by Gasteiger charge is -2.14. The standard InChI is InChI=1S/C10H20N4O/c1-8(2)11-5-10-12-7-13-14(10)9(3)6-15-4/h7-9,11H,5-6H2,1-4H3. The van der Waals surface area contributed by atoms with Crippen molar-refractivity contribution in [1.82, 2.24) is 20.1 Å². The van der Waals surface area contributed by atoms with Crippen molar-refractivity contribution in [3.8, 4) is 0 Å². The van der Waals surface area contributed by atoms with Crippen LogP contribution in [0.15, 0.2) is 6.33 Å². The van der Waals surface area contributed by atoms with Crippen molar-refractivity contribution in [3.63, 3.8) is 0 Å². The van der Waals surface area contributed by atoms with E-state index in [9.17, 15) is 0 Å². The van der Waals surface area contributed by atoms with Crippen LogP contribution in [0.3, 0.4) is 0 Å². The second-order valence-corrected chi connectivity index (χ2v) is 3.96. The summed E-state index contributed by atoms with van der Waals surface area (Å²) in [4.78, 5) is 4.23. The Labute approximate surface area is 90.8 Å². The lowest BCUT2D eigenvalue weighted by Crippen LogP contribution is -2.25. The van der Waals surface area contributed by atoms with Gasteiger partial charge in [0.2, 0.25) is 0 Å². The fourth-order valence-corrected chi connectivity index (χ4v) is 1.38. The molecular formula is C10H20N4O. The number of aromatic nitrogens is 3. The molecule has 0 aliphatic carbocycles. The highest BCUT2D eigenvalue weighted by Crippen LogP contribution is 2.06. The summed E-state index contributed by atoms with van der Waals surface area (Å²) in [6.07, 6.45) is 1.59. The van der Waals surface area contributed by atoms with E-state index in [1.807, 2.05) is 4.68 Å². The van der Waals surface area contributed by atoms with Crippen LogP contribution in [0.1, 0.15) is 32.6 Å². The van der Waals surface area contributed by atoms with Crippen LogP contribution < -0.4 is 5.32 Å². The molecule has 0 fully saturated rings. The van der Waals surface area contributed by atoms with E-state index in [0.29, 0.717) is 12.6 Å². The van der Waals surface area contributed by atoms with Gasteiger partial charge in [-0.25, -0.2) is 9.67 Å². The van der Waals surface area contributed by atoms with Gasteiger partial charge in [0.1, 0.15) is 12.2 Å². The Balaban J connectivity index is 2.60. The molecule has 0 spiro atoms. The first-order valence-electron chi connectivity index (χ1n) is 5.25. The molecule has 5 heteroatoms. The van der Waals surface area contributed by atoms with Crippen molar-refractivity contribution < 1.29 is 4.74 Å². The van der Waals surface area contributed by atoms with E-state index in [4.69, 9.17) is 4.74 Å². The van der Waals surface area contributed by atoms with Gasteiger partial charge in [-0.05, 0) is 6.92 Å². The largest absolute Gasteiger partial charge is 0.382 e. The first-order valence-corrected chi connectivity index (χ1v) is 5.25. The molecule has 1 aromatic heterocycles. The maximum Gasteiger partial charge on any atom is 0.141 e. The number of methoxy groups -OCH3 is 1. The van der Waals surface area contributed by atoms with E-state index in [0.717, 1.165) is 12.4 Å². The predicted molar refractivity (Wildman–Crippen MR) is 58.6 cm³/mol. The second-order valence-electron chi connectivity index (χ2n) is 3.96. The summed E-state index contributed by atoms with van der Waals surface area (Å²) in [5.74, 6) is 0.952. The Hall–Kier alpha value is -0.940. The molecular weight excluding hydrogens is 192 g/mol. The molecule has 0 amide bonds. The minimum absolute atomic E-state index is 0.224. The molecule has 0 aromatic carbocycles. The van der Waals surface area contributed by atoms with Gasteiger partial charge in [-0.15, -0.1) is 0 Å². The molecule has 86 valence electrons. The normalized spacial score (nSPS) is 13.4. The average Bonchev–Trinajstić information content (AvgIpc) is 2.62. The molecule has 0 aliphatic rings. The van der Waals surface area contributed by atoms with E-state index in [2.05, 4.69) is 36.2 Å². The molecule has 1 rings (SSSR count). The minimum atomic E-state index is 0.224. The van der Waals surface area contributed by atoms with E-state index in [-0.39, 0.29) is 6.04 Å². The summed E-state index contributed by atoms with van der Waals surface area (Å²) in [5, 5.41) is 7.52. The topological polar surface area (TPSA) is 52.0 Å². The molecule has 1 atom stereocenters. The molecule has 1 unspecified atom stereocenters. The molecule has 1 aromatic rings. The van der Waals surface area contributed by atoms with Gasteiger partial charge in [0, 0.05) is 13.2 Å². The van der Waals surface area contributed by atoms with Crippen LogP contribution in [0.2, 0.25) is 0 Å². The molecule has 0 aliphatic heterocycles. The van der Waals surface area contributed by atoms with Crippen LogP contribution in [0.5, 0.6) is 0 Å². The molecule has 0 radical (unpaired) electrons. The quantitative estimate of drug-likeness (QED) is 0.764. The van der Waals surface area contributed by atoms with Crippen molar-refractivity contribution in [1.29, 1.82) is 0 Å². The van der Waals surface area contributed by atoms with Crippen LogP contribution in [0, 0.1) is 0 Å². The van der Waals surface area contributed by atoms with E-state index >= 15 is 0 Å². The van der Waals surface area contributed by atoms with E-state index < -0.39 is 0 Å². The number of nitrogens with zero attached hydrogens (tertiary/aromatic N) is 3. The van der Waals surface area contributed by atoms with Crippen molar-refractivity contribution in [3.05, 3.63) is 12.2 Å². The van der Waals surface area contributed by atoms with Crippen molar-refractivity contribution in [2.45, 2.75) is 39.4 Å². The fourth-order valence-electron chi connectivity index (χ4n) is 1.38. The minimum Gasteiger partial charge on any atom is -0.382 e. The zero-order valence-electron chi connectivity index (χ0n) is 9.90. The third-order valence-electron chi connectivity index (χ3n) is 2.14. The molecule has 5 nitrogen and oxygen atoms in total. The van der Waals surface area contributed by atoms with Gasteiger partial charge < -0.3 is 10.1 Å². The fraction of sp³-hybridized carbons (Fsp3) is 0.800. The SMILES string of the molecule is COCC(C)n1ncnc1CNC(C)C. The molecule has 0 bridgehead atoms. The van der Waals surface area contributed by atoms with E-state index in [1.165, 1.54) is 0 Å². The maximum atomic E-state index is 5.10. The summed E-state index contributed by atoms with van der Waals surface area (Å²) in [6, 6.07) is 0.675. The van der Waals surface area contributed by atoms with Crippen LogP contribution in [-0.4, -0.2) is 34.5 Å². The zero-order valence-corrected chi connectivity index (χ0v) is 9.90. The van der Waals surface area contributed by atoms with Crippen LogP contribution in [0.4, 0.5) is 0 Å². The van der Waals surface area contributed by atoms with Gasteiger partial charge in [0.25, 0.3) is 0 Å². The molecule has 0 saturated heterocycles. The smallest absolute Gasteiger partial charge is 0.141 e. The summed E-state index contributed by atoms with van der Waals surface area (Å²) >= 11 is 0. The average molecular weight is 212 g/mol. The zero-order chi connectivity index (χ0) is 11.3. The number of hydrogen-bond donors (Lipinski definition) is 1. The monoisotopic (exact) mass is 212 g/mol. The summed E-state index contributed by atoms with van der Waals surface area (Å²) < 4.78 is 7.00. The second kappa shape index (κ2) is 5.82. The van der Waals surface area contributed by atoms with Gasteiger partial charge >= 0.3 is 0 Å². The Morgan fingerprint density at radius 2 is 2.20 bits per heavy atom. The maximum absolute atomic E-state index is 5.10. The van der Waals surface area contributed by atoms with Crippen LogP contribution >= 0.6 is 0 Å². The molecule has 15 heavy (non-hydrogen) atoms. The highest BCUT2D eigenvalue weighted by Gasteiger charge is 2.10. The van der Waals surface area contributed by atoms with E-state index in [1.54, 1.807) is 13.4 Å². The van der Waals surface area contributed by atoms with Gasteiger partial charge in [0.05, 0.1) is 19.2 Å². The van der Waals surface area contributed by atoms with Crippen LogP contribution in [0.25, 0.3) is 0 Å². The number of nitrogens with one attached hydrogen (secondary N) is 1. The highest BCUT2D eigenvalue weighted by atomic mass is 16.5. The molecule has 0 saturated carbocycles. The summed E-state index contributed by atoms with van der Waals surface area (Å²) in [5.41, 5.74) is 0. The van der Waals surface area contributed by atoms with Gasteiger partial charge in [0.15, 0.2) is 0 Å². The predicted octanol–water partition coefficient (Wildman–Crippen LogP) is 0.984. The lowest BCUT2D eigenvalue weighted by molar-refractivity contribution is 0.155. The van der Waals surface area contributed by atoms with Gasteiger partial charge in [-0.1, -0.05) is 13.8 Å². The highest BCUT2D eigenvalue weighted by molar-refractivity contribution is 4.86. The Kier molecular flexibility index (Phi) is 4.71. The Morgan fingerprint density at radius 1 is 1.47 bits per heavy atom. The Morgan fingerprint density at radius 3 is 2.80 bits per heavy atom. The third kappa shape index (κ3) is 3.60. The van der Waals surface area contributed by atoms with Crippen molar-refractivity contribution in [2.24, 2.45) is 0 Å². The third-order valence-corrected chi connectivity index (χ3v) is 2.14. The first-order chi connectivity index (χ1) is 7.15. The van der Waals surface area contributed by atoms with Crippen LogP contribution in [-0.2, 0) is 11.3 Å². The number of rotatable bonds is 6. The van der Waals surface area contributed by atoms with Crippen molar-refractivity contribution >= 4 is 0 Å². The summed E-state index contributed by atoms with van der Waals surface area (Å²) in [6.45, 7) is 7.68. The lowest BCUT2D eigenvalue weighted by atomic mass is 10.3. The number of ether oxygens (including phenoxy) is 1. The first kappa shape index (κ1) is 12.1.